The van der Waals surface area contributed by atoms with E-state index in [1.54, 1.807) is 0 Å². The number of hydrogen-bond acceptors (Lipinski definition) is 5. The summed E-state index contributed by atoms with van der Waals surface area (Å²) < 4.78 is 11.4. The molecule has 1 amide bonds. The quantitative estimate of drug-likeness (QED) is 0.833. The molecule has 1 N–H and O–H groups in total. The zero-order valence-corrected chi connectivity index (χ0v) is 16.0. The Kier molecular flexibility index (Phi) is 6.19. The van der Waals surface area contributed by atoms with Crippen LogP contribution in [0.2, 0.25) is 0 Å². The van der Waals surface area contributed by atoms with Gasteiger partial charge in [0.05, 0.1) is 18.3 Å². The number of carbonyl (C=O) groups excluding carboxylic acids is 1. The SMILES string of the molecule is O=C(N[C@H]1CCOC1)c1ccc(OC2CCN(Cc3ccccn3)CC2)cc1. The van der Waals surface area contributed by atoms with Crippen LogP contribution < -0.4 is 10.1 Å². The number of pyridine rings is 1. The zero-order valence-electron chi connectivity index (χ0n) is 16.0. The van der Waals surface area contributed by atoms with Gasteiger partial charge >= 0.3 is 0 Å². The number of carbonyl (C=O) groups is 1. The lowest BCUT2D eigenvalue weighted by atomic mass is 10.1. The van der Waals surface area contributed by atoms with Gasteiger partial charge in [0.1, 0.15) is 11.9 Å². The van der Waals surface area contributed by atoms with Gasteiger partial charge in [-0.15, -0.1) is 0 Å². The summed E-state index contributed by atoms with van der Waals surface area (Å²) in [4.78, 5) is 19.1. The molecule has 0 aliphatic carbocycles. The molecule has 3 heterocycles. The van der Waals surface area contributed by atoms with Gasteiger partial charge in [-0.1, -0.05) is 6.07 Å². The Morgan fingerprint density at radius 1 is 1.14 bits per heavy atom. The number of rotatable bonds is 6. The topological polar surface area (TPSA) is 63.7 Å². The Morgan fingerprint density at radius 3 is 2.64 bits per heavy atom. The average molecular weight is 381 g/mol. The number of hydrogen-bond donors (Lipinski definition) is 1. The summed E-state index contributed by atoms with van der Waals surface area (Å²) in [6, 6.07) is 13.6. The van der Waals surface area contributed by atoms with Crippen molar-refractivity contribution in [1.82, 2.24) is 15.2 Å². The van der Waals surface area contributed by atoms with Crippen LogP contribution in [0.1, 0.15) is 35.3 Å². The van der Waals surface area contributed by atoms with Crippen molar-refractivity contribution in [2.45, 2.75) is 38.0 Å². The summed E-state index contributed by atoms with van der Waals surface area (Å²) in [5, 5.41) is 3.01. The molecule has 2 aromatic rings. The molecule has 1 aromatic carbocycles. The Bertz CT molecular complexity index is 752. The third kappa shape index (κ3) is 5.09. The van der Waals surface area contributed by atoms with E-state index in [-0.39, 0.29) is 18.1 Å². The smallest absolute Gasteiger partial charge is 0.251 e. The molecular weight excluding hydrogens is 354 g/mol. The Morgan fingerprint density at radius 2 is 1.96 bits per heavy atom. The van der Waals surface area contributed by atoms with Crippen molar-refractivity contribution in [2.75, 3.05) is 26.3 Å². The number of nitrogens with one attached hydrogen (secondary N) is 1. The Balaban J connectivity index is 1.23. The molecule has 0 saturated carbocycles. The van der Waals surface area contributed by atoms with Gasteiger partial charge in [-0.2, -0.15) is 0 Å². The van der Waals surface area contributed by atoms with Gasteiger partial charge in [-0.25, -0.2) is 0 Å². The van der Waals surface area contributed by atoms with Crippen LogP contribution in [0.25, 0.3) is 0 Å². The third-order valence-electron chi connectivity index (χ3n) is 5.33. The molecule has 28 heavy (non-hydrogen) atoms. The van der Waals surface area contributed by atoms with Crippen molar-refractivity contribution >= 4 is 5.91 Å². The molecule has 6 nitrogen and oxygen atoms in total. The van der Waals surface area contributed by atoms with E-state index in [1.807, 2.05) is 42.6 Å². The number of nitrogens with zero attached hydrogens (tertiary/aromatic N) is 2. The number of amides is 1. The molecular formula is C22H27N3O3. The third-order valence-corrected chi connectivity index (χ3v) is 5.33. The number of aromatic nitrogens is 1. The maximum atomic E-state index is 12.3. The molecule has 0 spiro atoms. The molecule has 2 aliphatic rings. The van der Waals surface area contributed by atoms with Crippen molar-refractivity contribution in [2.24, 2.45) is 0 Å². The van der Waals surface area contributed by atoms with Crippen LogP contribution in [-0.2, 0) is 11.3 Å². The summed E-state index contributed by atoms with van der Waals surface area (Å²) in [5.41, 5.74) is 1.77. The minimum atomic E-state index is -0.0510. The lowest BCUT2D eigenvalue weighted by Gasteiger charge is -2.31. The number of benzene rings is 1. The van der Waals surface area contributed by atoms with Gasteiger partial charge in [0, 0.05) is 38.0 Å². The molecule has 2 aliphatic heterocycles. The van der Waals surface area contributed by atoms with Gasteiger partial charge in [0.25, 0.3) is 5.91 Å². The largest absolute Gasteiger partial charge is 0.490 e. The highest BCUT2D eigenvalue weighted by Gasteiger charge is 2.21. The first-order chi connectivity index (χ1) is 13.8. The molecule has 4 rings (SSSR count). The monoisotopic (exact) mass is 381 g/mol. The molecule has 0 unspecified atom stereocenters. The van der Waals surface area contributed by atoms with Crippen LogP contribution in [0.4, 0.5) is 0 Å². The first kappa shape index (κ1) is 18.9. The molecule has 1 atom stereocenters. The molecule has 0 bridgehead atoms. The fourth-order valence-corrected chi connectivity index (χ4v) is 3.70. The summed E-state index contributed by atoms with van der Waals surface area (Å²) in [6.07, 6.45) is 4.94. The molecule has 0 radical (unpaired) electrons. The maximum Gasteiger partial charge on any atom is 0.251 e. The van der Waals surface area contributed by atoms with Crippen molar-refractivity contribution in [3.63, 3.8) is 0 Å². The van der Waals surface area contributed by atoms with Crippen LogP contribution in [-0.4, -0.2) is 54.2 Å². The normalized spacial score (nSPS) is 20.8. The lowest BCUT2D eigenvalue weighted by Crippen LogP contribution is -2.38. The fourth-order valence-electron chi connectivity index (χ4n) is 3.70. The number of likely N-dealkylation sites (tertiary alicyclic amines) is 1. The zero-order chi connectivity index (χ0) is 19.2. The minimum Gasteiger partial charge on any atom is -0.490 e. The summed E-state index contributed by atoms with van der Waals surface area (Å²) >= 11 is 0. The predicted molar refractivity (Wildman–Crippen MR) is 106 cm³/mol. The van der Waals surface area contributed by atoms with Gasteiger partial charge in [0.15, 0.2) is 0 Å². The predicted octanol–water partition coefficient (Wildman–Crippen LogP) is 2.64. The second-order valence-corrected chi connectivity index (χ2v) is 7.47. The van der Waals surface area contributed by atoms with E-state index < -0.39 is 0 Å². The van der Waals surface area contributed by atoms with E-state index >= 15 is 0 Å². The van der Waals surface area contributed by atoms with Crippen LogP contribution in [0.5, 0.6) is 5.75 Å². The molecule has 6 heteroatoms. The van der Waals surface area contributed by atoms with Crippen LogP contribution >= 0.6 is 0 Å². The van der Waals surface area contributed by atoms with E-state index in [9.17, 15) is 4.79 Å². The average Bonchev–Trinajstić information content (AvgIpc) is 3.24. The Hall–Kier alpha value is -2.44. The van der Waals surface area contributed by atoms with E-state index in [0.717, 1.165) is 56.9 Å². The van der Waals surface area contributed by atoms with Gasteiger partial charge in [0.2, 0.25) is 0 Å². The van der Waals surface area contributed by atoms with E-state index in [2.05, 4.69) is 21.3 Å². The van der Waals surface area contributed by atoms with Crippen molar-refractivity contribution in [3.8, 4) is 5.75 Å². The van der Waals surface area contributed by atoms with Crippen molar-refractivity contribution < 1.29 is 14.3 Å². The van der Waals surface area contributed by atoms with Crippen molar-refractivity contribution in [1.29, 1.82) is 0 Å². The molecule has 148 valence electrons. The van der Waals surface area contributed by atoms with E-state index in [0.29, 0.717) is 12.2 Å². The number of piperidine rings is 1. The standard InChI is InChI=1S/C22H27N3O3/c26-22(24-19-10-14-27-16-19)17-4-6-20(7-5-17)28-21-8-12-25(13-9-21)15-18-3-1-2-11-23-18/h1-7,11,19,21H,8-10,12-16H2,(H,24,26)/t19-/m0/s1. The van der Waals surface area contributed by atoms with Crippen molar-refractivity contribution in [3.05, 3.63) is 59.9 Å². The highest BCUT2D eigenvalue weighted by molar-refractivity contribution is 5.94. The highest BCUT2D eigenvalue weighted by Crippen LogP contribution is 2.20. The molecule has 1 aromatic heterocycles. The summed E-state index contributed by atoms with van der Waals surface area (Å²) in [7, 11) is 0. The van der Waals surface area contributed by atoms with Gasteiger partial charge in [-0.05, 0) is 55.7 Å². The van der Waals surface area contributed by atoms with Crippen LogP contribution in [0, 0.1) is 0 Å². The van der Waals surface area contributed by atoms with Gasteiger partial charge < -0.3 is 14.8 Å². The summed E-state index contributed by atoms with van der Waals surface area (Å²) in [5.74, 6) is 0.772. The fraction of sp³-hybridized carbons (Fsp3) is 0.455. The highest BCUT2D eigenvalue weighted by atomic mass is 16.5. The second-order valence-electron chi connectivity index (χ2n) is 7.47. The van der Waals surface area contributed by atoms with E-state index in [1.165, 1.54) is 0 Å². The maximum absolute atomic E-state index is 12.3. The molecule has 2 saturated heterocycles. The lowest BCUT2D eigenvalue weighted by molar-refractivity contribution is 0.0928. The van der Waals surface area contributed by atoms with E-state index in [4.69, 9.17) is 9.47 Å². The van der Waals surface area contributed by atoms with Crippen LogP contribution in [0.3, 0.4) is 0 Å². The number of ether oxygens (including phenoxy) is 2. The van der Waals surface area contributed by atoms with Crippen LogP contribution in [0.15, 0.2) is 48.7 Å². The second kappa shape index (κ2) is 9.17. The first-order valence-corrected chi connectivity index (χ1v) is 10.0. The first-order valence-electron chi connectivity index (χ1n) is 10.0. The molecule has 2 fully saturated rings. The minimum absolute atomic E-state index is 0.0510. The Labute approximate surface area is 165 Å². The summed E-state index contributed by atoms with van der Waals surface area (Å²) in [6.45, 7) is 4.23. The van der Waals surface area contributed by atoms with Gasteiger partial charge in [-0.3, -0.25) is 14.7 Å².